The zero-order valence-corrected chi connectivity index (χ0v) is 14.4. The second kappa shape index (κ2) is 6.43. The number of carbonyl (C=O) groups is 1. The van der Waals surface area contributed by atoms with Crippen LogP contribution in [0.2, 0.25) is 0 Å². The van der Waals surface area contributed by atoms with Crippen molar-refractivity contribution in [2.24, 2.45) is 0 Å². The largest absolute Gasteiger partial charge is 0.485 e. The standard InChI is InChI=1S/C18H20N2O3S/c1-12-11-24-17(19-12)13-6-4-5-9-20(13)18(21)16-10-22-14-7-2-3-8-15(14)23-16/h2-3,7-8,11,13,16H,4-6,9-10H2,1H3/t13-,16+/m0/s1. The van der Waals surface area contributed by atoms with Crippen molar-refractivity contribution in [2.75, 3.05) is 13.2 Å². The summed E-state index contributed by atoms with van der Waals surface area (Å²) >= 11 is 1.64. The van der Waals surface area contributed by atoms with Gasteiger partial charge in [-0.1, -0.05) is 12.1 Å². The van der Waals surface area contributed by atoms with Gasteiger partial charge in [0.25, 0.3) is 5.91 Å². The molecule has 2 aliphatic rings. The third kappa shape index (κ3) is 2.86. The minimum Gasteiger partial charge on any atom is -0.485 e. The first-order chi connectivity index (χ1) is 11.7. The van der Waals surface area contributed by atoms with Gasteiger partial charge >= 0.3 is 0 Å². The van der Waals surface area contributed by atoms with E-state index < -0.39 is 6.10 Å². The summed E-state index contributed by atoms with van der Waals surface area (Å²) in [5.41, 5.74) is 1.01. The number of carbonyl (C=O) groups excluding carboxylic acids is 1. The normalized spacial score (nSPS) is 23.1. The van der Waals surface area contributed by atoms with Crippen LogP contribution < -0.4 is 9.47 Å². The van der Waals surface area contributed by atoms with Crippen molar-refractivity contribution < 1.29 is 14.3 Å². The SMILES string of the molecule is Cc1csc([C@@H]2CCCCN2C(=O)[C@H]2COc3ccccc3O2)n1. The Morgan fingerprint density at radius 2 is 2.12 bits per heavy atom. The molecule has 5 nitrogen and oxygen atoms in total. The van der Waals surface area contributed by atoms with E-state index in [1.165, 1.54) is 0 Å². The summed E-state index contributed by atoms with van der Waals surface area (Å²) in [6.07, 6.45) is 2.53. The zero-order chi connectivity index (χ0) is 16.5. The van der Waals surface area contributed by atoms with Crippen LogP contribution >= 0.6 is 11.3 Å². The maximum absolute atomic E-state index is 13.1. The molecule has 1 amide bonds. The number of fused-ring (bicyclic) bond motifs is 1. The van der Waals surface area contributed by atoms with Crippen molar-refractivity contribution in [3.63, 3.8) is 0 Å². The Morgan fingerprint density at radius 1 is 1.29 bits per heavy atom. The fourth-order valence-electron chi connectivity index (χ4n) is 3.30. The van der Waals surface area contributed by atoms with Gasteiger partial charge in [-0.15, -0.1) is 11.3 Å². The predicted molar refractivity (Wildman–Crippen MR) is 91.5 cm³/mol. The Bertz CT molecular complexity index is 745. The van der Waals surface area contributed by atoms with E-state index in [0.29, 0.717) is 11.5 Å². The number of benzene rings is 1. The maximum Gasteiger partial charge on any atom is 0.267 e. The van der Waals surface area contributed by atoms with E-state index in [2.05, 4.69) is 4.98 Å². The van der Waals surface area contributed by atoms with Crippen LogP contribution in [-0.2, 0) is 4.79 Å². The molecule has 3 heterocycles. The molecule has 1 aromatic carbocycles. The molecule has 6 heteroatoms. The van der Waals surface area contributed by atoms with Crippen molar-refractivity contribution >= 4 is 17.2 Å². The van der Waals surface area contributed by atoms with Gasteiger partial charge in [0, 0.05) is 17.6 Å². The Morgan fingerprint density at radius 3 is 2.92 bits per heavy atom. The van der Waals surface area contributed by atoms with Crippen LogP contribution in [0.5, 0.6) is 11.5 Å². The fraction of sp³-hybridized carbons (Fsp3) is 0.444. The summed E-state index contributed by atoms with van der Waals surface area (Å²) in [5, 5.41) is 3.07. The van der Waals surface area contributed by atoms with Crippen molar-refractivity contribution in [1.82, 2.24) is 9.88 Å². The number of rotatable bonds is 2. The third-order valence-corrected chi connectivity index (χ3v) is 5.56. The number of amides is 1. The van der Waals surface area contributed by atoms with Crippen LogP contribution in [-0.4, -0.2) is 35.0 Å². The molecule has 126 valence electrons. The summed E-state index contributed by atoms with van der Waals surface area (Å²) < 4.78 is 11.6. The van der Waals surface area contributed by atoms with Gasteiger partial charge in [0.2, 0.25) is 6.10 Å². The van der Waals surface area contributed by atoms with E-state index in [-0.39, 0.29) is 18.6 Å². The molecular formula is C18H20N2O3S. The van der Waals surface area contributed by atoms with E-state index in [9.17, 15) is 4.79 Å². The summed E-state index contributed by atoms with van der Waals surface area (Å²) in [5.74, 6) is 1.34. The summed E-state index contributed by atoms with van der Waals surface area (Å²) in [4.78, 5) is 19.6. The molecular weight excluding hydrogens is 324 g/mol. The van der Waals surface area contributed by atoms with Crippen LogP contribution in [0.3, 0.4) is 0 Å². The molecule has 1 saturated heterocycles. The van der Waals surface area contributed by atoms with Crippen LogP contribution in [0.4, 0.5) is 0 Å². The molecule has 4 rings (SSSR count). The fourth-order valence-corrected chi connectivity index (χ4v) is 4.25. The number of hydrogen-bond acceptors (Lipinski definition) is 5. The van der Waals surface area contributed by atoms with Gasteiger partial charge in [-0.05, 0) is 38.3 Å². The number of aromatic nitrogens is 1. The molecule has 2 atom stereocenters. The summed E-state index contributed by atoms with van der Waals surface area (Å²) in [7, 11) is 0. The first kappa shape index (κ1) is 15.4. The average Bonchev–Trinajstić information content (AvgIpc) is 3.07. The molecule has 1 fully saturated rings. The van der Waals surface area contributed by atoms with Crippen molar-refractivity contribution in [3.8, 4) is 11.5 Å². The summed E-state index contributed by atoms with van der Waals surface area (Å²) in [6, 6.07) is 7.54. The van der Waals surface area contributed by atoms with Gasteiger partial charge in [0.1, 0.15) is 11.6 Å². The van der Waals surface area contributed by atoms with Gasteiger partial charge in [0.05, 0.1) is 6.04 Å². The Kier molecular flexibility index (Phi) is 4.14. The van der Waals surface area contributed by atoms with Crippen LogP contribution in [0.1, 0.15) is 36.0 Å². The van der Waals surface area contributed by atoms with E-state index >= 15 is 0 Å². The zero-order valence-electron chi connectivity index (χ0n) is 13.6. The molecule has 2 aliphatic heterocycles. The molecule has 24 heavy (non-hydrogen) atoms. The lowest BCUT2D eigenvalue weighted by Gasteiger charge is -2.37. The number of hydrogen-bond donors (Lipinski definition) is 0. The Hall–Kier alpha value is -2.08. The van der Waals surface area contributed by atoms with Crippen LogP contribution in [0, 0.1) is 6.92 Å². The number of aryl methyl sites for hydroxylation is 1. The lowest BCUT2D eigenvalue weighted by Crippen LogP contribution is -2.49. The second-order valence-electron chi connectivity index (χ2n) is 6.23. The van der Waals surface area contributed by atoms with Crippen molar-refractivity contribution in [3.05, 3.63) is 40.3 Å². The number of likely N-dealkylation sites (tertiary alicyclic amines) is 1. The van der Waals surface area contributed by atoms with Gasteiger partial charge in [0.15, 0.2) is 11.5 Å². The maximum atomic E-state index is 13.1. The highest BCUT2D eigenvalue weighted by atomic mass is 32.1. The third-order valence-electron chi connectivity index (χ3n) is 4.49. The highest BCUT2D eigenvalue weighted by molar-refractivity contribution is 7.09. The van der Waals surface area contributed by atoms with Crippen LogP contribution in [0.25, 0.3) is 0 Å². The van der Waals surface area contributed by atoms with Gasteiger partial charge in [-0.25, -0.2) is 4.98 Å². The number of nitrogens with zero attached hydrogens (tertiary/aromatic N) is 2. The smallest absolute Gasteiger partial charge is 0.267 e. The van der Waals surface area contributed by atoms with E-state index in [4.69, 9.17) is 9.47 Å². The predicted octanol–water partition coefficient (Wildman–Crippen LogP) is 3.35. The summed E-state index contributed by atoms with van der Waals surface area (Å²) in [6.45, 7) is 3.00. The Balaban J connectivity index is 1.54. The highest BCUT2D eigenvalue weighted by Crippen LogP contribution is 2.35. The quantitative estimate of drug-likeness (QED) is 0.838. The van der Waals surface area contributed by atoms with Gasteiger partial charge in [-0.3, -0.25) is 4.79 Å². The molecule has 0 aliphatic carbocycles. The van der Waals surface area contributed by atoms with Gasteiger partial charge in [-0.2, -0.15) is 0 Å². The van der Waals surface area contributed by atoms with Crippen molar-refractivity contribution in [2.45, 2.75) is 38.3 Å². The molecule has 0 spiro atoms. The monoisotopic (exact) mass is 344 g/mol. The van der Waals surface area contributed by atoms with Crippen LogP contribution in [0.15, 0.2) is 29.6 Å². The van der Waals surface area contributed by atoms with E-state index in [0.717, 1.165) is 36.5 Å². The Labute approximate surface area is 145 Å². The molecule has 0 saturated carbocycles. The minimum absolute atomic E-state index is 0.00190. The molecule has 0 radical (unpaired) electrons. The van der Waals surface area contributed by atoms with E-state index in [1.807, 2.05) is 41.5 Å². The first-order valence-electron chi connectivity index (χ1n) is 8.33. The first-order valence-corrected chi connectivity index (χ1v) is 9.21. The number of thiazole rings is 1. The topological polar surface area (TPSA) is 51.7 Å². The number of piperidine rings is 1. The average molecular weight is 344 g/mol. The minimum atomic E-state index is -0.582. The highest BCUT2D eigenvalue weighted by Gasteiger charge is 2.37. The second-order valence-corrected chi connectivity index (χ2v) is 7.12. The molecule has 0 unspecified atom stereocenters. The molecule has 2 aromatic rings. The molecule has 1 aromatic heterocycles. The lowest BCUT2D eigenvalue weighted by atomic mass is 10.0. The molecule has 0 N–H and O–H groups in total. The molecule has 0 bridgehead atoms. The lowest BCUT2D eigenvalue weighted by molar-refractivity contribution is -0.145. The van der Waals surface area contributed by atoms with E-state index in [1.54, 1.807) is 11.3 Å². The van der Waals surface area contributed by atoms with Gasteiger partial charge < -0.3 is 14.4 Å². The number of para-hydroxylation sites is 2. The van der Waals surface area contributed by atoms with Crippen molar-refractivity contribution in [1.29, 1.82) is 0 Å². The number of ether oxygens (including phenoxy) is 2.